The first-order valence-electron chi connectivity index (χ1n) is 10.5. The van der Waals surface area contributed by atoms with Gasteiger partial charge < -0.3 is 9.64 Å². The van der Waals surface area contributed by atoms with Crippen LogP contribution < -0.4 is 9.64 Å². The monoisotopic (exact) mass is 408 g/mol. The van der Waals surface area contributed by atoms with Crippen molar-refractivity contribution in [3.8, 4) is 5.75 Å². The Morgan fingerprint density at radius 2 is 1.97 bits per heavy atom. The van der Waals surface area contributed by atoms with Crippen molar-refractivity contribution in [2.45, 2.75) is 51.5 Å². The molecule has 7 heteroatoms. The fraction of sp³-hybridized carbons (Fsp3) is 0.478. The number of rotatable bonds is 5. The topological polar surface area (TPSA) is 75.6 Å². The summed E-state index contributed by atoms with van der Waals surface area (Å²) in [6, 6.07) is 7.70. The third-order valence-corrected chi connectivity index (χ3v) is 6.15. The van der Waals surface area contributed by atoms with Crippen LogP contribution in [0.3, 0.4) is 0 Å². The second-order valence-electron chi connectivity index (χ2n) is 8.02. The number of hydrogen-bond donors (Lipinski definition) is 0. The number of methoxy groups -OCH3 is 1. The highest BCUT2D eigenvalue weighted by molar-refractivity contribution is 5.94. The zero-order valence-corrected chi connectivity index (χ0v) is 17.9. The smallest absolute Gasteiger partial charge is 0.228 e. The second kappa shape index (κ2) is 8.42. The van der Waals surface area contributed by atoms with Gasteiger partial charge >= 0.3 is 0 Å². The molecule has 7 nitrogen and oxygen atoms in total. The molecule has 1 saturated heterocycles. The van der Waals surface area contributed by atoms with E-state index in [1.807, 2.05) is 36.1 Å². The van der Waals surface area contributed by atoms with E-state index in [0.717, 1.165) is 42.0 Å². The molecule has 0 aliphatic carbocycles. The maximum absolute atomic E-state index is 13.0. The van der Waals surface area contributed by atoms with Crippen molar-refractivity contribution in [1.29, 1.82) is 0 Å². The third kappa shape index (κ3) is 3.88. The molecule has 1 aromatic heterocycles. The van der Waals surface area contributed by atoms with E-state index in [9.17, 15) is 9.59 Å². The van der Waals surface area contributed by atoms with Gasteiger partial charge in [-0.15, -0.1) is 0 Å². The molecular weight excluding hydrogens is 380 g/mol. The molecule has 2 aromatic rings. The number of benzene rings is 1. The van der Waals surface area contributed by atoms with Gasteiger partial charge in [0.15, 0.2) is 5.82 Å². The molecule has 1 fully saturated rings. The molecule has 0 N–H and O–H groups in total. The molecule has 0 radical (unpaired) electrons. The summed E-state index contributed by atoms with van der Waals surface area (Å²) in [5.74, 6) is 2.37. The molecule has 2 aliphatic rings. The summed E-state index contributed by atoms with van der Waals surface area (Å²) in [5, 5.41) is 0. The summed E-state index contributed by atoms with van der Waals surface area (Å²) in [6.45, 7) is 2.69. The molecule has 2 amide bonds. The van der Waals surface area contributed by atoms with E-state index < -0.39 is 0 Å². The molecule has 1 aromatic carbocycles. The molecule has 158 valence electrons. The van der Waals surface area contributed by atoms with Crippen molar-refractivity contribution in [2.24, 2.45) is 0 Å². The van der Waals surface area contributed by atoms with Crippen LogP contribution in [-0.4, -0.2) is 47.4 Å². The summed E-state index contributed by atoms with van der Waals surface area (Å²) >= 11 is 0. The molecule has 30 heavy (non-hydrogen) atoms. The fourth-order valence-electron chi connectivity index (χ4n) is 4.36. The number of nitrogens with zero attached hydrogens (tertiary/aromatic N) is 4. The Labute approximate surface area is 177 Å². The van der Waals surface area contributed by atoms with E-state index in [2.05, 4.69) is 0 Å². The number of likely N-dealkylation sites (tertiary alicyclic amines) is 1. The number of hydrogen-bond acceptors (Lipinski definition) is 5. The van der Waals surface area contributed by atoms with E-state index in [1.165, 1.54) is 0 Å². The van der Waals surface area contributed by atoms with Gasteiger partial charge in [-0.05, 0) is 50.3 Å². The van der Waals surface area contributed by atoms with Gasteiger partial charge in [-0.25, -0.2) is 9.97 Å². The van der Waals surface area contributed by atoms with Crippen LogP contribution in [-0.2, 0) is 22.4 Å². The summed E-state index contributed by atoms with van der Waals surface area (Å²) in [4.78, 5) is 38.1. The minimum absolute atomic E-state index is 0.0744. The largest absolute Gasteiger partial charge is 0.497 e. The van der Waals surface area contributed by atoms with Gasteiger partial charge in [0, 0.05) is 37.7 Å². The lowest BCUT2D eigenvalue weighted by molar-refractivity contribution is -0.132. The van der Waals surface area contributed by atoms with E-state index in [4.69, 9.17) is 14.7 Å². The Hall–Kier alpha value is -2.96. The molecule has 0 spiro atoms. The van der Waals surface area contributed by atoms with Crippen LogP contribution in [0, 0.1) is 6.92 Å². The second-order valence-corrected chi connectivity index (χ2v) is 8.02. The Kier molecular flexibility index (Phi) is 5.70. The van der Waals surface area contributed by atoms with Gasteiger partial charge in [-0.2, -0.15) is 0 Å². The highest BCUT2D eigenvalue weighted by Crippen LogP contribution is 2.34. The van der Waals surface area contributed by atoms with Gasteiger partial charge in [0.2, 0.25) is 11.8 Å². The highest BCUT2D eigenvalue weighted by Gasteiger charge is 2.34. The number of aromatic nitrogens is 2. The first-order valence-corrected chi connectivity index (χ1v) is 10.5. The first kappa shape index (κ1) is 20.3. The minimum atomic E-state index is -0.122. The van der Waals surface area contributed by atoms with Crippen molar-refractivity contribution < 1.29 is 14.3 Å². The van der Waals surface area contributed by atoms with Gasteiger partial charge in [0.1, 0.15) is 11.6 Å². The summed E-state index contributed by atoms with van der Waals surface area (Å²) in [6.07, 6.45) is 4.10. The number of aryl methyl sites for hydroxylation is 2. The van der Waals surface area contributed by atoms with Crippen LogP contribution in [0.25, 0.3) is 0 Å². The summed E-state index contributed by atoms with van der Waals surface area (Å²) in [5.41, 5.74) is 3.06. The third-order valence-electron chi connectivity index (χ3n) is 6.15. The van der Waals surface area contributed by atoms with Crippen molar-refractivity contribution >= 4 is 17.6 Å². The Morgan fingerprint density at radius 3 is 2.70 bits per heavy atom. The lowest BCUT2D eigenvalue weighted by Gasteiger charge is -2.29. The van der Waals surface area contributed by atoms with E-state index in [1.54, 1.807) is 19.1 Å². The SMILES string of the molecule is COc1ccc(CCC(=O)N2CCC[C@H]2c2nc(C)c3c(n2)N(C)C(=O)CC3)cc1. The van der Waals surface area contributed by atoms with E-state index in [0.29, 0.717) is 37.3 Å². The van der Waals surface area contributed by atoms with Gasteiger partial charge in [0.05, 0.1) is 13.2 Å². The lowest BCUT2D eigenvalue weighted by Crippen LogP contribution is -2.35. The molecule has 2 aliphatic heterocycles. The predicted molar refractivity (Wildman–Crippen MR) is 114 cm³/mol. The number of ether oxygens (including phenoxy) is 1. The van der Waals surface area contributed by atoms with Crippen LogP contribution in [0.15, 0.2) is 24.3 Å². The average molecular weight is 409 g/mol. The molecule has 1 atom stereocenters. The van der Waals surface area contributed by atoms with Crippen LogP contribution in [0.1, 0.15) is 54.4 Å². The van der Waals surface area contributed by atoms with Crippen LogP contribution in [0.2, 0.25) is 0 Å². The quantitative estimate of drug-likeness (QED) is 0.760. The summed E-state index contributed by atoms with van der Waals surface area (Å²) < 4.78 is 5.19. The van der Waals surface area contributed by atoms with Gasteiger partial charge in [-0.1, -0.05) is 12.1 Å². The number of fused-ring (bicyclic) bond motifs is 1. The zero-order valence-electron chi connectivity index (χ0n) is 17.9. The molecule has 3 heterocycles. The number of carbonyl (C=O) groups is 2. The van der Waals surface area contributed by atoms with Crippen LogP contribution in [0.4, 0.5) is 5.82 Å². The van der Waals surface area contributed by atoms with Crippen molar-refractivity contribution in [3.63, 3.8) is 0 Å². The maximum atomic E-state index is 13.0. The minimum Gasteiger partial charge on any atom is -0.497 e. The van der Waals surface area contributed by atoms with Crippen molar-refractivity contribution in [2.75, 3.05) is 25.6 Å². The van der Waals surface area contributed by atoms with E-state index >= 15 is 0 Å². The molecule has 0 bridgehead atoms. The maximum Gasteiger partial charge on any atom is 0.228 e. The fourth-order valence-corrected chi connectivity index (χ4v) is 4.36. The number of anilines is 1. The van der Waals surface area contributed by atoms with Crippen molar-refractivity contribution in [1.82, 2.24) is 14.9 Å². The average Bonchev–Trinajstić information content (AvgIpc) is 3.25. The molecular formula is C23H28N4O3. The van der Waals surface area contributed by atoms with Gasteiger partial charge in [0.25, 0.3) is 0 Å². The standard InChI is InChI=1S/C23H28N4O3/c1-15-18-11-13-20(28)26(2)23(18)25-22(24-15)19-5-4-14-27(19)21(29)12-8-16-6-9-17(30-3)10-7-16/h6-7,9-10,19H,4-5,8,11-14H2,1-3H3/t19-/m0/s1. The summed E-state index contributed by atoms with van der Waals surface area (Å²) in [7, 11) is 3.41. The number of carbonyl (C=O) groups excluding carboxylic acids is 2. The normalized spacial score (nSPS) is 18.5. The molecule has 4 rings (SSSR count). The van der Waals surface area contributed by atoms with E-state index in [-0.39, 0.29) is 17.9 Å². The molecule has 0 unspecified atom stereocenters. The predicted octanol–water partition coefficient (Wildman–Crippen LogP) is 3.00. The zero-order chi connectivity index (χ0) is 21.3. The number of amides is 2. The Morgan fingerprint density at radius 1 is 1.20 bits per heavy atom. The lowest BCUT2D eigenvalue weighted by atomic mass is 10.0. The highest BCUT2D eigenvalue weighted by atomic mass is 16.5. The van der Waals surface area contributed by atoms with Crippen molar-refractivity contribution in [3.05, 3.63) is 46.9 Å². The Bertz CT molecular complexity index is 958. The van der Waals surface area contributed by atoms with Gasteiger partial charge in [-0.3, -0.25) is 14.5 Å². The Balaban J connectivity index is 1.50. The molecule has 0 saturated carbocycles. The van der Waals surface area contributed by atoms with Crippen LogP contribution >= 0.6 is 0 Å². The first-order chi connectivity index (χ1) is 14.5. The van der Waals surface area contributed by atoms with Crippen LogP contribution in [0.5, 0.6) is 5.75 Å².